The van der Waals surface area contributed by atoms with E-state index in [1.54, 1.807) is 23.3 Å². The average molecular weight is 323 g/mol. The Balaban J connectivity index is 1.55. The fourth-order valence-electron chi connectivity index (χ4n) is 2.49. The van der Waals surface area contributed by atoms with Crippen LogP contribution in [0.15, 0.2) is 53.9 Å². The molecule has 3 rings (SSSR count). The van der Waals surface area contributed by atoms with Crippen LogP contribution in [0.2, 0.25) is 0 Å². The second-order valence-corrected chi connectivity index (χ2v) is 5.61. The first-order valence-electron chi connectivity index (χ1n) is 7.97. The van der Waals surface area contributed by atoms with Crippen LogP contribution in [0.25, 0.3) is 10.9 Å². The fraction of sp³-hybridized carbons (Fsp3) is 0.278. The highest BCUT2D eigenvalue weighted by molar-refractivity contribution is 5.79. The van der Waals surface area contributed by atoms with E-state index in [-0.39, 0.29) is 12.6 Å². The summed E-state index contributed by atoms with van der Waals surface area (Å²) >= 11 is 0. The van der Waals surface area contributed by atoms with Crippen molar-refractivity contribution in [3.05, 3.63) is 60.0 Å². The van der Waals surface area contributed by atoms with E-state index in [1.165, 1.54) is 5.56 Å². The number of nitrogens with zero attached hydrogens (tertiary/aromatic N) is 4. The van der Waals surface area contributed by atoms with Crippen molar-refractivity contribution in [2.45, 2.75) is 19.5 Å². The third-order valence-electron chi connectivity index (χ3n) is 3.84. The molecule has 6 nitrogen and oxygen atoms in total. The molecule has 0 bridgehead atoms. The lowest BCUT2D eigenvalue weighted by atomic mass is 10.1. The van der Waals surface area contributed by atoms with Gasteiger partial charge in [0.05, 0.1) is 31.5 Å². The molecule has 2 heterocycles. The molecular formula is C18H21N5O. The Bertz CT molecular complexity index is 827. The minimum absolute atomic E-state index is 0.0820. The Morgan fingerprint density at radius 2 is 2.29 bits per heavy atom. The first-order chi connectivity index (χ1) is 11.8. The predicted molar refractivity (Wildman–Crippen MR) is 95.1 cm³/mol. The average Bonchev–Trinajstić information content (AvgIpc) is 3.06. The van der Waals surface area contributed by atoms with Gasteiger partial charge in [0.15, 0.2) is 0 Å². The summed E-state index contributed by atoms with van der Waals surface area (Å²) in [5.74, 6) is 0. The summed E-state index contributed by atoms with van der Waals surface area (Å²) in [7, 11) is 0. The van der Waals surface area contributed by atoms with Gasteiger partial charge in [-0.2, -0.15) is 5.10 Å². The van der Waals surface area contributed by atoms with E-state index < -0.39 is 0 Å². The summed E-state index contributed by atoms with van der Waals surface area (Å²) in [4.78, 5) is 8.72. The molecule has 0 saturated heterocycles. The maximum absolute atomic E-state index is 8.87. The van der Waals surface area contributed by atoms with Gasteiger partial charge < -0.3 is 5.11 Å². The van der Waals surface area contributed by atoms with Crippen LogP contribution in [-0.2, 0) is 6.54 Å². The second-order valence-electron chi connectivity index (χ2n) is 5.61. The van der Waals surface area contributed by atoms with Gasteiger partial charge in [-0.3, -0.25) is 20.0 Å². The fourth-order valence-corrected chi connectivity index (χ4v) is 2.49. The Labute approximate surface area is 140 Å². The van der Waals surface area contributed by atoms with E-state index in [2.05, 4.69) is 45.5 Å². The number of aromatic nitrogens is 3. The molecule has 0 amide bonds. The molecule has 124 valence electrons. The Hall–Kier alpha value is -2.57. The van der Waals surface area contributed by atoms with Crippen molar-refractivity contribution in [1.29, 1.82) is 0 Å². The topological polar surface area (TPSA) is 75.3 Å². The number of aliphatic hydroxyl groups excluding tert-OH is 1. The number of hydrogen-bond donors (Lipinski definition) is 2. The zero-order chi connectivity index (χ0) is 16.8. The largest absolute Gasteiger partial charge is 0.394 e. The molecule has 0 saturated carbocycles. The molecule has 0 aliphatic carbocycles. The van der Waals surface area contributed by atoms with E-state index >= 15 is 0 Å². The van der Waals surface area contributed by atoms with Crippen molar-refractivity contribution < 1.29 is 5.11 Å². The molecular weight excluding hydrogens is 302 g/mol. The predicted octanol–water partition coefficient (Wildman–Crippen LogP) is 2.15. The quantitative estimate of drug-likeness (QED) is 0.653. The summed E-state index contributed by atoms with van der Waals surface area (Å²) in [5.41, 5.74) is 3.14. The van der Waals surface area contributed by atoms with E-state index in [1.807, 2.05) is 18.3 Å². The minimum atomic E-state index is 0.0820. The van der Waals surface area contributed by atoms with Crippen molar-refractivity contribution in [2.24, 2.45) is 4.99 Å². The van der Waals surface area contributed by atoms with Crippen molar-refractivity contribution >= 4 is 17.1 Å². The maximum Gasteiger partial charge on any atom is 0.0889 e. The number of pyridine rings is 1. The lowest BCUT2D eigenvalue weighted by Gasteiger charge is -2.13. The van der Waals surface area contributed by atoms with Crippen LogP contribution < -0.4 is 5.32 Å². The molecule has 1 aromatic carbocycles. The van der Waals surface area contributed by atoms with E-state index in [4.69, 9.17) is 5.11 Å². The molecule has 1 unspecified atom stereocenters. The van der Waals surface area contributed by atoms with Gasteiger partial charge in [0.2, 0.25) is 0 Å². The van der Waals surface area contributed by atoms with Crippen LogP contribution in [0.3, 0.4) is 0 Å². The lowest BCUT2D eigenvalue weighted by molar-refractivity contribution is 0.269. The molecule has 6 heteroatoms. The minimum Gasteiger partial charge on any atom is -0.394 e. The van der Waals surface area contributed by atoms with Gasteiger partial charge in [0.1, 0.15) is 0 Å². The number of fused-ring (bicyclic) bond motifs is 1. The zero-order valence-corrected chi connectivity index (χ0v) is 13.6. The molecule has 0 aliphatic rings. The van der Waals surface area contributed by atoms with Gasteiger partial charge >= 0.3 is 0 Å². The second kappa shape index (κ2) is 7.81. The van der Waals surface area contributed by atoms with Gasteiger partial charge in [-0.15, -0.1) is 0 Å². The molecule has 2 N–H and O–H groups in total. The maximum atomic E-state index is 8.87. The summed E-state index contributed by atoms with van der Waals surface area (Å²) in [6.45, 7) is 3.22. The van der Waals surface area contributed by atoms with Crippen LogP contribution in [-0.4, -0.2) is 39.4 Å². The normalized spacial score (nSPS) is 12.9. The summed E-state index contributed by atoms with van der Waals surface area (Å²) in [5, 5.41) is 17.5. The molecule has 24 heavy (non-hydrogen) atoms. The molecule has 1 atom stereocenters. The summed E-state index contributed by atoms with van der Waals surface area (Å²) in [6.07, 6.45) is 7.18. The summed E-state index contributed by atoms with van der Waals surface area (Å²) < 4.78 is 1.69. The van der Waals surface area contributed by atoms with E-state index in [0.29, 0.717) is 13.2 Å². The van der Waals surface area contributed by atoms with Gasteiger partial charge in [-0.05, 0) is 30.7 Å². The van der Waals surface area contributed by atoms with Crippen LogP contribution in [0.4, 0.5) is 0 Å². The number of aliphatic hydroxyl groups is 1. The Morgan fingerprint density at radius 3 is 3.17 bits per heavy atom. The molecule has 0 fully saturated rings. The molecule has 2 aromatic heterocycles. The molecule has 0 aliphatic heterocycles. The number of hydrogen-bond acceptors (Lipinski definition) is 5. The Kier molecular flexibility index (Phi) is 5.30. The number of rotatable bonds is 7. The molecule has 0 radical (unpaired) electrons. The standard InChI is InChI=1S/C18H21N5O/c1-14(16-4-5-18-17(9-16)3-2-6-20-18)21-13-19-10-15-11-22-23(12-15)7-8-24/h2-6,9-12,14,21,24H,7-8,13H2,1H3. The van der Waals surface area contributed by atoms with Gasteiger partial charge in [-0.25, -0.2) is 0 Å². The van der Waals surface area contributed by atoms with Gasteiger partial charge in [0.25, 0.3) is 0 Å². The van der Waals surface area contributed by atoms with Crippen molar-refractivity contribution in [3.8, 4) is 0 Å². The van der Waals surface area contributed by atoms with Crippen LogP contribution in [0.5, 0.6) is 0 Å². The highest BCUT2D eigenvalue weighted by Crippen LogP contribution is 2.18. The smallest absolute Gasteiger partial charge is 0.0889 e. The summed E-state index contributed by atoms with van der Waals surface area (Å²) in [6, 6.07) is 10.5. The lowest BCUT2D eigenvalue weighted by Crippen LogP contribution is -2.18. The SMILES string of the molecule is CC(NCN=Cc1cnn(CCO)c1)c1ccc2ncccc2c1. The van der Waals surface area contributed by atoms with Crippen molar-refractivity contribution in [3.63, 3.8) is 0 Å². The molecule has 3 aromatic rings. The third-order valence-corrected chi connectivity index (χ3v) is 3.84. The highest BCUT2D eigenvalue weighted by Gasteiger charge is 2.05. The van der Waals surface area contributed by atoms with E-state index in [9.17, 15) is 0 Å². The van der Waals surface area contributed by atoms with Crippen LogP contribution in [0.1, 0.15) is 24.1 Å². The molecule has 0 spiro atoms. The number of nitrogens with one attached hydrogen (secondary N) is 1. The van der Waals surface area contributed by atoms with Gasteiger partial charge in [0, 0.05) is 35.6 Å². The highest BCUT2D eigenvalue weighted by atomic mass is 16.3. The third kappa shape index (κ3) is 4.04. The first kappa shape index (κ1) is 16.3. The Morgan fingerprint density at radius 1 is 1.38 bits per heavy atom. The van der Waals surface area contributed by atoms with Crippen molar-refractivity contribution in [1.82, 2.24) is 20.1 Å². The first-order valence-corrected chi connectivity index (χ1v) is 7.97. The van der Waals surface area contributed by atoms with Crippen molar-refractivity contribution in [2.75, 3.05) is 13.3 Å². The zero-order valence-electron chi connectivity index (χ0n) is 13.6. The van der Waals surface area contributed by atoms with Gasteiger partial charge in [-0.1, -0.05) is 12.1 Å². The number of benzene rings is 1. The van der Waals surface area contributed by atoms with Crippen LogP contribution >= 0.6 is 0 Å². The van der Waals surface area contributed by atoms with E-state index in [0.717, 1.165) is 16.5 Å². The van der Waals surface area contributed by atoms with Crippen LogP contribution in [0, 0.1) is 0 Å². The number of aliphatic imine (C=N–C) groups is 1. The monoisotopic (exact) mass is 323 g/mol.